The van der Waals surface area contributed by atoms with Crippen LogP contribution in [0.25, 0.3) is 11.2 Å². The number of anilines is 1. The molecule has 0 radical (unpaired) electrons. The number of likely N-dealkylation sites (tertiary alicyclic amines) is 1. The summed E-state index contributed by atoms with van der Waals surface area (Å²) in [4.78, 5) is 14.7. The molecular formula is C22H24ClFN6O. The molecule has 2 aromatic heterocycles. The summed E-state index contributed by atoms with van der Waals surface area (Å²) in [5.41, 5.74) is 1.73. The van der Waals surface area contributed by atoms with Gasteiger partial charge in [0.15, 0.2) is 11.5 Å². The maximum atomic E-state index is 13.4. The fourth-order valence-corrected chi connectivity index (χ4v) is 5.07. The van der Waals surface area contributed by atoms with Gasteiger partial charge in [0, 0.05) is 37.8 Å². The van der Waals surface area contributed by atoms with Gasteiger partial charge in [-0.1, -0.05) is 11.6 Å². The molecule has 5 rings (SSSR count). The van der Waals surface area contributed by atoms with Crippen LogP contribution in [0, 0.1) is 23.1 Å². The summed E-state index contributed by atoms with van der Waals surface area (Å²) in [7, 11) is 0. The van der Waals surface area contributed by atoms with Crippen LogP contribution >= 0.6 is 11.6 Å². The van der Waals surface area contributed by atoms with Gasteiger partial charge < -0.3 is 9.88 Å². The third-order valence-electron chi connectivity index (χ3n) is 6.40. The highest BCUT2D eigenvalue weighted by molar-refractivity contribution is 6.31. The molecule has 1 aliphatic heterocycles. The largest absolute Gasteiger partial charge is 0.340 e. The number of hydrogen-bond donors (Lipinski definition) is 3. The average molecular weight is 443 g/mol. The molecule has 7 nitrogen and oxygen atoms in total. The van der Waals surface area contributed by atoms with Crippen molar-refractivity contribution in [2.24, 2.45) is 11.8 Å². The van der Waals surface area contributed by atoms with E-state index in [1.165, 1.54) is 44.5 Å². The van der Waals surface area contributed by atoms with E-state index in [2.05, 4.69) is 19.9 Å². The lowest BCUT2D eigenvalue weighted by Crippen LogP contribution is -2.37. The molecule has 2 bridgehead atoms. The second-order valence-corrected chi connectivity index (χ2v) is 8.96. The van der Waals surface area contributed by atoms with Crippen molar-refractivity contribution in [2.75, 3.05) is 24.7 Å². The van der Waals surface area contributed by atoms with Crippen LogP contribution in [0.15, 0.2) is 30.5 Å². The van der Waals surface area contributed by atoms with Crippen molar-refractivity contribution in [3.63, 3.8) is 0 Å². The van der Waals surface area contributed by atoms with Crippen LogP contribution in [0.2, 0.25) is 5.02 Å². The lowest BCUT2D eigenvalue weighted by Gasteiger charge is -2.31. The van der Waals surface area contributed by atoms with Gasteiger partial charge in [-0.2, -0.15) is 0 Å². The Balaban J connectivity index is 1.34. The van der Waals surface area contributed by atoms with Gasteiger partial charge in [-0.3, -0.25) is 10.6 Å². The van der Waals surface area contributed by atoms with Crippen LogP contribution in [0.4, 0.5) is 10.1 Å². The van der Waals surface area contributed by atoms with Crippen LogP contribution in [0.3, 0.4) is 0 Å². The molecule has 2 aliphatic rings. The van der Waals surface area contributed by atoms with Gasteiger partial charge in [0.05, 0.1) is 16.2 Å². The minimum absolute atomic E-state index is 0.126. The van der Waals surface area contributed by atoms with Crippen molar-refractivity contribution in [3.8, 4) is 0 Å². The van der Waals surface area contributed by atoms with E-state index < -0.39 is 5.82 Å². The maximum Gasteiger partial charge on any atom is 0.178 e. The SMILES string of the molecule is N=C(c1ccnc2nc(CCN3CC4CCC(C4)C3)[nH]c12)N(O)c1ccc(F)c(Cl)c1. The van der Waals surface area contributed by atoms with Crippen LogP contribution in [0.5, 0.6) is 0 Å². The smallest absolute Gasteiger partial charge is 0.178 e. The number of amidine groups is 1. The molecule has 0 amide bonds. The van der Waals surface area contributed by atoms with Gasteiger partial charge in [0.25, 0.3) is 0 Å². The fourth-order valence-electron chi connectivity index (χ4n) is 4.90. The Morgan fingerprint density at radius 3 is 2.81 bits per heavy atom. The summed E-state index contributed by atoms with van der Waals surface area (Å²) >= 11 is 5.81. The summed E-state index contributed by atoms with van der Waals surface area (Å²) in [6.07, 6.45) is 6.44. The van der Waals surface area contributed by atoms with Gasteiger partial charge >= 0.3 is 0 Å². The topological polar surface area (TPSA) is 92.1 Å². The van der Waals surface area contributed by atoms with Gasteiger partial charge in [0.2, 0.25) is 0 Å². The first-order chi connectivity index (χ1) is 15.0. The zero-order valence-corrected chi connectivity index (χ0v) is 17.7. The molecule has 0 spiro atoms. The van der Waals surface area contributed by atoms with Crippen molar-refractivity contribution in [1.29, 1.82) is 5.41 Å². The minimum atomic E-state index is -0.587. The maximum absolute atomic E-state index is 13.4. The molecule has 3 aromatic rings. The van der Waals surface area contributed by atoms with Crippen LogP contribution in [-0.2, 0) is 6.42 Å². The Bertz CT molecular complexity index is 1120. The molecule has 31 heavy (non-hydrogen) atoms. The van der Waals surface area contributed by atoms with E-state index in [-0.39, 0.29) is 16.5 Å². The van der Waals surface area contributed by atoms with Crippen molar-refractivity contribution in [1.82, 2.24) is 19.9 Å². The molecule has 2 fully saturated rings. The number of pyridine rings is 1. The summed E-state index contributed by atoms with van der Waals surface area (Å²) in [6, 6.07) is 5.42. The number of nitrogens with zero attached hydrogens (tertiary/aromatic N) is 4. The first kappa shape index (κ1) is 20.4. The Morgan fingerprint density at radius 2 is 2.06 bits per heavy atom. The van der Waals surface area contributed by atoms with E-state index in [0.29, 0.717) is 21.8 Å². The Hall–Kier alpha value is -2.55. The third kappa shape index (κ3) is 4.03. The second kappa shape index (κ2) is 8.18. The highest BCUT2D eigenvalue weighted by atomic mass is 35.5. The molecule has 1 saturated carbocycles. The van der Waals surface area contributed by atoms with Crippen LogP contribution in [0.1, 0.15) is 30.7 Å². The molecule has 2 atom stereocenters. The van der Waals surface area contributed by atoms with Gasteiger partial charge in [-0.05, 0) is 55.4 Å². The quantitative estimate of drug-likeness (QED) is 0.312. The zero-order chi connectivity index (χ0) is 21.5. The Morgan fingerprint density at radius 1 is 1.29 bits per heavy atom. The Kier molecular flexibility index (Phi) is 5.37. The number of halogens is 2. The molecule has 1 aromatic carbocycles. The van der Waals surface area contributed by atoms with Crippen molar-refractivity contribution >= 4 is 34.3 Å². The summed E-state index contributed by atoms with van der Waals surface area (Å²) in [5, 5.41) is 19.5. The number of fused-ring (bicyclic) bond motifs is 3. The van der Waals surface area contributed by atoms with E-state index in [1.807, 2.05) is 0 Å². The number of rotatable bonds is 5. The predicted octanol–water partition coefficient (Wildman–Crippen LogP) is 4.25. The first-order valence-corrected chi connectivity index (χ1v) is 10.9. The number of aromatic amines is 1. The average Bonchev–Trinajstić information content (AvgIpc) is 3.35. The van der Waals surface area contributed by atoms with E-state index in [9.17, 15) is 9.60 Å². The molecular weight excluding hydrogens is 419 g/mol. The third-order valence-corrected chi connectivity index (χ3v) is 6.69. The fraction of sp³-hybridized carbons (Fsp3) is 0.409. The van der Waals surface area contributed by atoms with E-state index in [4.69, 9.17) is 17.0 Å². The number of hydrogen-bond acceptors (Lipinski definition) is 5. The predicted molar refractivity (Wildman–Crippen MR) is 117 cm³/mol. The van der Waals surface area contributed by atoms with Gasteiger partial charge in [-0.15, -0.1) is 0 Å². The first-order valence-electron chi connectivity index (χ1n) is 10.6. The summed E-state index contributed by atoms with van der Waals surface area (Å²) in [5.74, 6) is 1.74. The zero-order valence-electron chi connectivity index (χ0n) is 17.0. The monoisotopic (exact) mass is 442 g/mol. The number of benzene rings is 1. The van der Waals surface area contributed by atoms with Crippen molar-refractivity contribution in [3.05, 3.63) is 52.7 Å². The van der Waals surface area contributed by atoms with Gasteiger partial charge in [0.1, 0.15) is 11.6 Å². The minimum Gasteiger partial charge on any atom is -0.340 e. The number of nitrogens with one attached hydrogen (secondary N) is 2. The molecule has 3 heterocycles. The molecule has 162 valence electrons. The van der Waals surface area contributed by atoms with Crippen LogP contribution in [-0.4, -0.2) is 50.5 Å². The number of hydroxylamine groups is 1. The molecule has 2 unspecified atom stereocenters. The number of aromatic nitrogens is 3. The Labute approximate surface area is 184 Å². The lowest BCUT2D eigenvalue weighted by atomic mass is 9.99. The van der Waals surface area contributed by atoms with E-state index >= 15 is 0 Å². The van der Waals surface area contributed by atoms with Crippen molar-refractivity contribution < 1.29 is 9.60 Å². The van der Waals surface area contributed by atoms with Crippen LogP contribution < -0.4 is 5.06 Å². The van der Waals surface area contributed by atoms with Crippen molar-refractivity contribution in [2.45, 2.75) is 25.7 Å². The van der Waals surface area contributed by atoms with E-state index in [0.717, 1.165) is 36.7 Å². The number of imidazole rings is 1. The lowest BCUT2D eigenvalue weighted by molar-refractivity contribution is 0.169. The molecule has 3 N–H and O–H groups in total. The highest BCUT2D eigenvalue weighted by Crippen LogP contribution is 2.36. The second-order valence-electron chi connectivity index (χ2n) is 8.55. The normalized spacial score (nSPS) is 21.0. The molecule has 1 saturated heterocycles. The standard InChI is InChI=1S/C22H24ClFN6O/c23-17-10-15(3-4-18(17)24)30(31)21(25)16-5-7-26-22-20(16)27-19(28-22)6-8-29-11-13-1-2-14(9-13)12-29/h3-5,7,10,13-14,25,31H,1-2,6,8-9,11-12H2,(H,26,27,28). The molecule has 1 aliphatic carbocycles. The summed E-state index contributed by atoms with van der Waals surface area (Å²) < 4.78 is 13.4. The summed E-state index contributed by atoms with van der Waals surface area (Å²) in [6.45, 7) is 3.29. The number of piperidine rings is 1. The highest BCUT2D eigenvalue weighted by Gasteiger charge is 2.32. The van der Waals surface area contributed by atoms with E-state index in [1.54, 1.807) is 12.3 Å². The molecule has 9 heteroatoms. The van der Waals surface area contributed by atoms with Gasteiger partial charge in [-0.25, -0.2) is 19.4 Å². The number of H-pyrrole nitrogens is 1.